The number of aliphatic hydroxyl groups is 1. The number of aromatic amines is 1. The quantitative estimate of drug-likeness (QED) is 0.441. The van der Waals surface area contributed by atoms with E-state index in [0.29, 0.717) is 41.1 Å². The highest BCUT2D eigenvalue weighted by atomic mass is 16.5. The molecule has 4 aromatic rings. The Balaban J connectivity index is 1.43. The molecular weight excluding hydrogens is 400 g/mol. The molecule has 3 N–H and O–H groups in total. The summed E-state index contributed by atoms with van der Waals surface area (Å²) in [6.45, 7) is 0.446. The van der Waals surface area contributed by atoms with Gasteiger partial charge in [-0.05, 0) is 18.2 Å². The molecule has 0 bridgehead atoms. The Kier molecular flexibility index (Phi) is 4.44. The third-order valence-electron chi connectivity index (χ3n) is 5.10. The molecule has 5 rings (SSSR count). The van der Waals surface area contributed by atoms with Crippen molar-refractivity contribution in [2.24, 2.45) is 0 Å². The Bertz CT molecular complexity index is 1240. The number of H-pyrrole nitrogens is 1. The van der Waals surface area contributed by atoms with E-state index in [-0.39, 0.29) is 12.2 Å². The molecule has 31 heavy (non-hydrogen) atoms. The van der Waals surface area contributed by atoms with Crippen molar-refractivity contribution in [2.45, 2.75) is 12.0 Å². The first kappa shape index (κ1) is 18.9. The number of carbonyl (C=O) groups excluding carboxylic acids is 1. The van der Waals surface area contributed by atoms with Gasteiger partial charge in [0.1, 0.15) is 11.5 Å². The summed E-state index contributed by atoms with van der Waals surface area (Å²) < 4.78 is 5.32. The number of amides is 1. The molecule has 0 spiro atoms. The zero-order chi connectivity index (χ0) is 21.4. The van der Waals surface area contributed by atoms with Crippen LogP contribution in [0.15, 0.2) is 53.3 Å². The molecule has 156 valence electrons. The molecule has 0 unspecified atom stereocenters. The van der Waals surface area contributed by atoms with Crippen molar-refractivity contribution in [3.8, 4) is 22.8 Å². The normalized spacial score (nSPS) is 18.5. The molecule has 5 heterocycles. The van der Waals surface area contributed by atoms with Crippen molar-refractivity contribution in [1.82, 2.24) is 35.2 Å². The Labute approximate surface area is 176 Å². The van der Waals surface area contributed by atoms with Crippen LogP contribution in [0.25, 0.3) is 22.8 Å². The van der Waals surface area contributed by atoms with E-state index in [1.807, 2.05) is 12.1 Å². The highest BCUT2D eigenvalue weighted by Crippen LogP contribution is 2.34. The smallest absolute Gasteiger partial charge is 0.262 e. The van der Waals surface area contributed by atoms with Crippen molar-refractivity contribution in [3.05, 3.63) is 54.6 Å². The standard InChI is InChI=1S/C20H18N8O3/c1-28-10-7-20(30,18(28)29)16-11-15(27-31-16)13-4-2-3-12(23-13)14-5-8-21-19(24-14)25-17-6-9-22-26-17/h2-6,8-9,11,30H,7,10H2,1H3,(H2,21,22,24,25,26)/t20-/m1/s1. The van der Waals surface area contributed by atoms with Gasteiger partial charge in [-0.3, -0.25) is 9.89 Å². The van der Waals surface area contributed by atoms with Gasteiger partial charge in [0.25, 0.3) is 5.91 Å². The minimum absolute atomic E-state index is 0.108. The number of hydrogen-bond acceptors (Lipinski definition) is 9. The molecule has 4 aromatic heterocycles. The van der Waals surface area contributed by atoms with Crippen molar-refractivity contribution in [2.75, 3.05) is 18.9 Å². The van der Waals surface area contributed by atoms with Gasteiger partial charge in [0.05, 0.1) is 23.3 Å². The van der Waals surface area contributed by atoms with Crippen molar-refractivity contribution in [1.29, 1.82) is 0 Å². The number of rotatable bonds is 5. The fraction of sp³-hybridized carbons (Fsp3) is 0.200. The molecule has 1 saturated heterocycles. The van der Waals surface area contributed by atoms with E-state index in [4.69, 9.17) is 4.52 Å². The maximum atomic E-state index is 12.3. The minimum atomic E-state index is -1.70. The highest BCUT2D eigenvalue weighted by Gasteiger charge is 2.48. The number of nitrogens with one attached hydrogen (secondary N) is 2. The number of likely N-dealkylation sites (N-methyl/N-ethyl adjacent to an activating group) is 1. The molecule has 0 aliphatic carbocycles. The average molecular weight is 418 g/mol. The molecule has 1 fully saturated rings. The maximum Gasteiger partial charge on any atom is 0.262 e. The zero-order valence-corrected chi connectivity index (χ0v) is 16.5. The summed E-state index contributed by atoms with van der Waals surface area (Å²) in [6, 6.07) is 10.5. The van der Waals surface area contributed by atoms with E-state index in [0.717, 1.165) is 0 Å². The van der Waals surface area contributed by atoms with Crippen LogP contribution in [0.1, 0.15) is 12.2 Å². The van der Waals surface area contributed by atoms with E-state index < -0.39 is 11.5 Å². The van der Waals surface area contributed by atoms with Gasteiger partial charge in [-0.2, -0.15) is 5.10 Å². The van der Waals surface area contributed by atoms with Gasteiger partial charge >= 0.3 is 0 Å². The predicted octanol–water partition coefficient (Wildman–Crippen LogP) is 1.71. The summed E-state index contributed by atoms with van der Waals surface area (Å²) in [5, 5.41) is 24.5. The predicted molar refractivity (Wildman–Crippen MR) is 109 cm³/mol. The fourth-order valence-electron chi connectivity index (χ4n) is 3.40. The monoisotopic (exact) mass is 418 g/mol. The van der Waals surface area contributed by atoms with Crippen LogP contribution in [0.4, 0.5) is 11.8 Å². The maximum absolute atomic E-state index is 12.3. The van der Waals surface area contributed by atoms with Crippen LogP contribution in [-0.4, -0.2) is 59.8 Å². The van der Waals surface area contributed by atoms with Gasteiger partial charge in [0.2, 0.25) is 11.5 Å². The molecule has 1 aliphatic heterocycles. The summed E-state index contributed by atoms with van der Waals surface area (Å²) in [5.74, 6) is 0.759. The van der Waals surface area contributed by atoms with Crippen LogP contribution in [-0.2, 0) is 10.4 Å². The number of pyridine rings is 1. The van der Waals surface area contributed by atoms with Gasteiger partial charge in [-0.15, -0.1) is 0 Å². The number of nitrogens with zero attached hydrogens (tertiary/aromatic N) is 6. The van der Waals surface area contributed by atoms with E-state index in [2.05, 4.69) is 35.6 Å². The van der Waals surface area contributed by atoms with Crippen molar-refractivity contribution in [3.63, 3.8) is 0 Å². The summed E-state index contributed by atoms with van der Waals surface area (Å²) in [4.78, 5) is 27.1. The molecule has 0 radical (unpaired) electrons. The van der Waals surface area contributed by atoms with Crippen LogP contribution < -0.4 is 5.32 Å². The van der Waals surface area contributed by atoms with E-state index in [9.17, 15) is 9.90 Å². The van der Waals surface area contributed by atoms with Crippen LogP contribution in [0.3, 0.4) is 0 Å². The molecule has 11 nitrogen and oxygen atoms in total. The highest BCUT2D eigenvalue weighted by molar-refractivity contribution is 5.87. The summed E-state index contributed by atoms with van der Waals surface area (Å²) >= 11 is 0. The van der Waals surface area contributed by atoms with Crippen molar-refractivity contribution >= 4 is 17.7 Å². The second-order valence-corrected chi connectivity index (χ2v) is 7.18. The first-order chi connectivity index (χ1) is 15.0. The number of hydrogen-bond donors (Lipinski definition) is 3. The fourth-order valence-corrected chi connectivity index (χ4v) is 3.40. The van der Waals surface area contributed by atoms with Gasteiger partial charge in [0.15, 0.2) is 5.76 Å². The third kappa shape index (κ3) is 3.40. The van der Waals surface area contributed by atoms with Crippen molar-refractivity contribution < 1.29 is 14.4 Å². The Hall–Kier alpha value is -4.12. The summed E-state index contributed by atoms with van der Waals surface area (Å²) in [5.41, 5.74) is 0.452. The zero-order valence-electron chi connectivity index (χ0n) is 16.5. The Morgan fingerprint density at radius 2 is 1.94 bits per heavy atom. The van der Waals surface area contributed by atoms with Crippen LogP contribution in [0.5, 0.6) is 0 Å². The lowest BCUT2D eigenvalue weighted by Crippen LogP contribution is -2.35. The Morgan fingerprint density at radius 1 is 1.13 bits per heavy atom. The lowest BCUT2D eigenvalue weighted by molar-refractivity contribution is -0.144. The van der Waals surface area contributed by atoms with Gasteiger partial charge in [-0.1, -0.05) is 11.2 Å². The first-order valence-corrected chi connectivity index (χ1v) is 9.55. The second-order valence-electron chi connectivity index (χ2n) is 7.18. The van der Waals surface area contributed by atoms with Gasteiger partial charge in [-0.25, -0.2) is 15.0 Å². The number of aromatic nitrogens is 6. The van der Waals surface area contributed by atoms with E-state index in [1.165, 1.54) is 4.90 Å². The lowest BCUT2D eigenvalue weighted by Gasteiger charge is -2.16. The lowest BCUT2D eigenvalue weighted by atomic mass is 9.98. The molecule has 11 heteroatoms. The molecule has 1 amide bonds. The largest absolute Gasteiger partial charge is 0.373 e. The number of anilines is 2. The topological polar surface area (TPSA) is 146 Å². The minimum Gasteiger partial charge on any atom is -0.373 e. The molecule has 0 saturated carbocycles. The van der Waals surface area contributed by atoms with E-state index >= 15 is 0 Å². The average Bonchev–Trinajstić information content (AvgIpc) is 3.54. The van der Waals surface area contributed by atoms with Gasteiger partial charge in [0, 0.05) is 38.3 Å². The summed E-state index contributed by atoms with van der Waals surface area (Å²) in [7, 11) is 1.64. The van der Waals surface area contributed by atoms with Gasteiger partial charge < -0.3 is 19.8 Å². The third-order valence-corrected chi connectivity index (χ3v) is 5.10. The molecular formula is C20H18N8O3. The molecule has 1 aliphatic rings. The van der Waals surface area contributed by atoms with Crippen LogP contribution >= 0.6 is 0 Å². The van der Waals surface area contributed by atoms with Crippen LogP contribution in [0.2, 0.25) is 0 Å². The number of likely N-dealkylation sites (tertiary alicyclic amines) is 1. The molecule has 0 aromatic carbocycles. The second kappa shape index (κ2) is 7.29. The molecule has 1 atom stereocenters. The Morgan fingerprint density at radius 3 is 2.68 bits per heavy atom. The number of carbonyl (C=O) groups is 1. The first-order valence-electron chi connectivity index (χ1n) is 9.55. The van der Waals surface area contributed by atoms with E-state index in [1.54, 1.807) is 43.7 Å². The SMILES string of the molecule is CN1CC[C@@](O)(c2cc(-c3cccc(-c4ccnc(Nc5ccn[nH]5)n4)n3)no2)C1=O. The van der Waals surface area contributed by atoms with Crippen LogP contribution in [0, 0.1) is 0 Å². The summed E-state index contributed by atoms with van der Waals surface area (Å²) in [6.07, 6.45) is 3.50.